The molecule has 4 heteroatoms. The van der Waals surface area contributed by atoms with Crippen LogP contribution in [0.15, 0.2) is 0 Å². The van der Waals surface area contributed by atoms with Crippen molar-refractivity contribution in [3.8, 4) is 0 Å². The van der Waals surface area contributed by atoms with E-state index in [1.54, 1.807) is 0 Å². The fraction of sp³-hybridized carbons (Fsp3) is 1.00. The molecule has 0 aliphatic carbocycles. The summed E-state index contributed by atoms with van der Waals surface area (Å²) in [7, 11) is 0. The van der Waals surface area contributed by atoms with Gasteiger partial charge in [0, 0.05) is 25.6 Å². The van der Waals surface area contributed by atoms with Crippen molar-refractivity contribution in [1.29, 1.82) is 0 Å². The molecule has 17 heavy (non-hydrogen) atoms. The predicted molar refractivity (Wildman–Crippen MR) is 65.8 cm³/mol. The van der Waals surface area contributed by atoms with Crippen LogP contribution in [0, 0.1) is 0 Å². The Labute approximate surface area is 104 Å². The van der Waals surface area contributed by atoms with Crippen LogP contribution < -0.4 is 0 Å². The number of aliphatic hydroxyl groups excluding tert-OH is 1. The first-order chi connectivity index (χ1) is 8.40. The van der Waals surface area contributed by atoms with Gasteiger partial charge in [-0.1, -0.05) is 6.42 Å². The van der Waals surface area contributed by atoms with E-state index >= 15 is 0 Å². The first-order valence-corrected chi connectivity index (χ1v) is 6.98. The number of hydrogen-bond donors (Lipinski definition) is 1. The largest absolute Gasteiger partial charge is 0.396 e. The lowest BCUT2D eigenvalue weighted by molar-refractivity contribution is -0.183. The average molecular weight is 243 g/mol. The number of aliphatic hydroxyl groups is 1. The summed E-state index contributed by atoms with van der Waals surface area (Å²) in [4.78, 5) is 2.50. The zero-order chi connectivity index (χ0) is 11.9. The van der Waals surface area contributed by atoms with Crippen molar-refractivity contribution in [2.45, 2.75) is 50.9 Å². The first kappa shape index (κ1) is 13.3. The van der Waals surface area contributed by atoms with Gasteiger partial charge in [-0.05, 0) is 32.2 Å². The first-order valence-electron chi connectivity index (χ1n) is 6.98. The summed E-state index contributed by atoms with van der Waals surface area (Å²) in [6, 6.07) is 0.567. The van der Waals surface area contributed by atoms with Crippen molar-refractivity contribution in [1.82, 2.24) is 4.90 Å². The Morgan fingerprint density at radius 2 is 1.88 bits per heavy atom. The molecule has 2 aliphatic heterocycles. The molecule has 2 fully saturated rings. The molecule has 0 radical (unpaired) electrons. The van der Waals surface area contributed by atoms with Crippen LogP contribution in [0.4, 0.5) is 0 Å². The second kappa shape index (κ2) is 7.31. The predicted octanol–water partition coefficient (Wildman–Crippen LogP) is 1.38. The lowest BCUT2D eigenvalue weighted by Gasteiger charge is -2.36. The van der Waals surface area contributed by atoms with Crippen molar-refractivity contribution in [3.05, 3.63) is 0 Å². The molecule has 1 unspecified atom stereocenters. The Morgan fingerprint density at radius 3 is 2.65 bits per heavy atom. The minimum absolute atomic E-state index is 0.000420. The van der Waals surface area contributed by atoms with Gasteiger partial charge in [0.15, 0.2) is 6.29 Å². The summed E-state index contributed by atoms with van der Waals surface area (Å²) < 4.78 is 11.1. The molecule has 0 amide bonds. The molecule has 2 saturated heterocycles. The van der Waals surface area contributed by atoms with Gasteiger partial charge in [-0.15, -0.1) is 0 Å². The van der Waals surface area contributed by atoms with E-state index in [1.807, 2.05) is 0 Å². The number of hydrogen-bond acceptors (Lipinski definition) is 4. The molecular weight excluding hydrogens is 218 g/mol. The van der Waals surface area contributed by atoms with Gasteiger partial charge in [-0.25, -0.2) is 0 Å². The quantitative estimate of drug-likeness (QED) is 0.792. The van der Waals surface area contributed by atoms with Crippen LogP contribution in [0.2, 0.25) is 0 Å². The van der Waals surface area contributed by atoms with E-state index in [4.69, 9.17) is 14.6 Å². The molecule has 0 saturated carbocycles. The van der Waals surface area contributed by atoms with E-state index in [0.717, 1.165) is 45.6 Å². The van der Waals surface area contributed by atoms with Gasteiger partial charge in [0.25, 0.3) is 0 Å². The van der Waals surface area contributed by atoms with Crippen LogP contribution in [0.1, 0.15) is 38.5 Å². The Balaban J connectivity index is 1.71. The number of likely N-dealkylation sites (tertiary alicyclic amines) is 1. The normalized spacial score (nSPS) is 28.4. The number of rotatable bonds is 5. The van der Waals surface area contributed by atoms with Crippen molar-refractivity contribution in [2.24, 2.45) is 0 Å². The highest BCUT2D eigenvalue weighted by Crippen LogP contribution is 2.20. The maximum Gasteiger partial charge on any atom is 0.158 e. The van der Waals surface area contributed by atoms with Crippen LogP contribution in [-0.4, -0.2) is 55.2 Å². The molecule has 0 spiro atoms. The van der Waals surface area contributed by atoms with Gasteiger partial charge in [0.1, 0.15) is 0 Å². The number of piperidine rings is 1. The van der Waals surface area contributed by atoms with Gasteiger partial charge in [0.05, 0.1) is 13.2 Å². The minimum Gasteiger partial charge on any atom is -0.396 e. The van der Waals surface area contributed by atoms with Crippen LogP contribution >= 0.6 is 0 Å². The molecule has 100 valence electrons. The number of ether oxygens (including phenoxy) is 2. The van der Waals surface area contributed by atoms with Gasteiger partial charge in [-0.3, -0.25) is 0 Å². The highest BCUT2D eigenvalue weighted by molar-refractivity contribution is 4.77. The third-order valence-electron chi connectivity index (χ3n) is 3.76. The second-order valence-electron chi connectivity index (χ2n) is 5.01. The summed E-state index contributed by atoms with van der Waals surface area (Å²) in [5.41, 5.74) is 0. The van der Waals surface area contributed by atoms with Gasteiger partial charge in [-0.2, -0.15) is 0 Å². The molecule has 2 heterocycles. The standard InChI is InChI=1S/C13H25NO3/c15-9-6-12-4-1-2-7-14(12)8-5-13-16-10-3-11-17-13/h12-13,15H,1-11H2. The summed E-state index contributed by atoms with van der Waals surface area (Å²) in [6.45, 7) is 4.18. The molecular formula is C13H25NO3. The SMILES string of the molecule is OCCC1CCCCN1CCC1OCCCO1. The van der Waals surface area contributed by atoms with Crippen LogP contribution in [0.5, 0.6) is 0 Å². The fourth-order valence-electron chi connectivity index (χ4n) is 2.80. The molecule has 0 aromatic heterocycles. The highest BCUT2D eigenvalue weighted by Gasteiger charge is 2.23. The van der Waals surface area contributed by atoms with Crippen molar-refractivity contribution < 1.29 is 14.6 Å². The van der Waals surface area contributed by atoms with Crippen molar-refractivity contribution >= 4 is 0 Å². The smallest absolute Gasteiger partial charge is 0.158 e. The Bertz CT molecular complexity index is 205. The van der Waals surface area contributed by atoms with Crippen LogP contribution in [-0.2, 0) is 9.47 Å². The second-order valence-corrected chi connectivity index (χ2v) is 5.01. The molecule has 0 aromatic rings. The zero-order valence-electron chi connectivity index (χ0n) is 10.6. The van der Waals surface area contributed by atoms with E-state index < -0.39 is 0 Å². The summed E-state index contributed by atoms with van der Waals surface area (Å²) in [6.07, 6.45) is 6.71. The maximum atomic E-state index is 9.08. The van der Waals surface area contributed by atoms with Gasteiger partial charge < -0.3 is 19.5 Å². The van der Waals surface area contributed by atoms with E-state index in [1.165, 1.54) is 19.3 Å². The molecule has 1 N–H and O–H groups in total. The molecule has 2 aliphatic rings. The monoisotopic (exact) mass is 243 g/mol. The molecule has 1 atom stereocenters. The van der Waals surface area contributed by atoms with Crippen molar-refractivity contribution in [2.75, 3.05) is 32.9 Å². The molecule has 2 rings (SSSR count). The zero-order valence-corrected chi connectivity index (χ0v) is 10.6. The maximum absolute atomic E-state index is 9.08. The Morgan fingerprint density at radius 1 is 1.06 bits per heavy atom. The highest BCUT2D eigenvalue weighted by atomic mass is 16.7. The van der Waals surface area contributed by atoms with E-state index in [2.05, 4.69) is 4.90 Å². The molecule has 0 bridgehead atoms. The van der Waals surface area contributed by atoms with E-state index in [0.29, 0.717) is 12.6 Å². The van der Waals surface area contributed by atoms with Gasteiger partial charge >= 0.3 is 0 Å². The lowest BCUT2D eigenvalue weighted by atomic mass is 9.99. The molecule has 4 nitrogen and oxygen atoms in total. The summed E-state index contributed by atoms with van der Waals surface area (Å²) in [5, 5.41) is 9.08. The lowest BCUT2D eigenvalue weighted by Crippen LogP contribution is -2.42. The average Bonchev–Trinajstić information content (AvgIpc) is 2.39. The Kier molecular flexibility index (Phi) is 5.71. The van der Waals surface area contributed by atoms with E-state index in [9.17, 15) is 0 Å². The summed E-state index contributed by atoms with van der Waals surface area (Å²) >= 11 is 0. The third-order valence-corrected chi connectivity index (χ3v) is 3.76. The van der Waals surface area contributed by atoms with Crippen LogP contribution in [0.25, 0.3) is 0 Å². The topological polar surface area (TPSA) is 41.9 Å². The summed E-state index contributed by atoms with van der Waals surface area (Å²) in [5.74, 6) is 0. The van der Waals surface area contributed by atoms with Crippen molar-refractivity contribution in [3.63, 3.8) is 0 Å². The van der Waals surface area contributed by atoms with Crippen LogP contribution in [0.3, 0.4) is 0 Å². The fourth-order valence-corrected chi connectivity index (χ4v) is 2.80. The van der Waals surface area contributed by atoms with E-state index in [-0.39, 0.29) is 6.29 Å². The number of nitrogens with zero attached hydrogens (tertiary/aromatic N) is 1. The molecule has 0 aromatic carbocycles. The Hall–Kier alpha value is -0.160. The minimum atomic E-state index is 0.000420. The third kappa shape index (κ3) is 4.21. The van der Waals surface area contributed by atoms with Gasteiger partial charge in [0.2, 0.25) is 0 Å².